The average Bonchev–Trinajstić information content (AvgIpc) is 3.72. The van der Waals surface area contributed by atoms with Crippen LogP contribution in [-0.2, 0) is 31.9 Å². The molecule has 283 valence electrons. The summed E-state index contributed by atoms with van der Waals surface area (Å²) in [6.45, 7) is 15.7. The van der Waals surface area contributed by atoms with Gasteiger partial charge in [0.2, 0.25) is 5.71 Å². The molecule has 0 amide bonds. The number of benzene rings is 4. The summed E-state index contributed by atoms with van der Waals surface area (Å²) in [5.41, 5.74) is 8.41. The summed E-state index contributed by atoms with van der Waals surface area (Å²) < 4.78 is 44.9. The summed E-state index contributed by atoms with van der Waals surface area (Å²) in [6, 6.07) is 36.9. The van der Waals surface area contributed by atoms with Gasteiger partial charge in [-0.3, -0.25) is 9.37 Å². The van der Waals surface area contributed by atoms with Crippen LogP contribution < -0.4 is 5.19 Å². The fraction of sp³-hybridized carbons (Fsp3) is 0.255. The number of aryl methyl sites for hydroxylation is 1. The second-order valence-corrected chi connectivity index (χ2v) is 21.3. The fourth-order valence-electron chi connectivity index (χ4n) is 6.84. The van der Waals surface area contributed by atoms with E-state index < -0.39 is 14.9 Å². The zero-order valence-corrected chi connectivity index (χ0v) is 35.9. The third-order valence-corrected chi connectivity index (χ3v) is 11.6. The van der Waals surface area contributed by atoms with E-state index in [-0.39, 0.29) is 37.0 Å². The normalized spacial score (nSPS) is 12.9. The van der Waals surface area contributed by atoms with Crippen LogP contribution in [0.15, 0.2) is 108 Å². The number of nitrogens with zero attached hydrogens (tertiary/aromatic N) is 4. The zero-order valence-electron chi connectivity index (χ0n) is 35.5. The van der Waals surface area contributed by atoms with Crippen LogP contribution in [0.25, 0.3) is 61.4 Å². The maximum Gasteiger partial charge on any atom is 0.216 e. The minimum atomic E-state index is -2.29. The molecule has 0 spiro atoms. The summed E-state index contributed by atoms with van der Waals surface area (Å²) in [7, 11) is -1.45. The summed E-state index contributed by atoms with van der Waals surface area (Å²) in [5, 5.41) is 2.96. The standard InChI is InChI=1S/C29H24N3O.C18H23FNSi.Ir/c1-18-9-15-22-23-17-19(10-16-26(23)33-28(22)30-18)27-31-24-7-5-6-8-25(24)32(27)21-13-11-20(12-14-21)29(2,3)4;1-13(2)10-14-11-17(15-8-6-7-9-16(15)19)20-12-18(14)21(3,4)5;/h5-9,11-17H,1-4H3;6-7,9,11-13H,10H2,1-5H3;/q2*-1;/i1D3;;. The molecule has 8 aromatic rings. The van der Waals surface area contributed by atoms with Crippen LogP contribution in [0.3, 0.4) is 0 Å². The maximum absolute atomic E-state index is 13.9. The van der Waals surface area contributed by atoms with Crippen molar-refractivity contribution < 1.29 is 33.0 Å². The number of para-hydroxylation sites is 2. The quantitative estimate of drug-likeness (QED) is 0.123. The molecule has 4 aromatic heterocycles. The number of halogens is 1. The minimum Gasteiger partial charge on any atom is -0.486 e. The monoisotopic (exact) mass is 926 g/mol. The van der Waals surface area contributed by atoms with Gasteiger partial charge in [-0.15, -0.1) is 48.0 Å². The molecule has 0 saturated carbocycles. The Kier molecular flexibility index (Phi) is 10.3. The van der Waals surface area contributed by atoms with Gasteiger partial charge in [0.25, 0.3) is 0 Å². The van der Waals surface area contributed by atoms with Crippen molar-refractivity contribution in [3.63, 3.8) is 0 Å². The molecule has 0 saturated heterocycles. The van der Waals surface area contributed by atoms with Gasteiger partial charge in [-0.05, 0) is 77.4 Å². The largest absolute Gasteiger partial charge is 0.486 e. The number of fused-ring (bicyclic) bond motifs is 4. The predicted molar refractivity (Wildman–Crippen MR) is 224 cm³/mol. The van der Waals surface area contributed by atoms with E-state index in [0.29, 0.717) is 28.5 Å². The molecule has 8 heteroatoms. The van der Waals surface area contributed by atoms with E-state index in [0.717, 1.165) is 45.3 Å². The number of imidazole rings is 1. The van der Waals surface area contributed by atoms with Crippen molar-refractivity contribution in [1.29, 1.82) is 0 Å². The molecule has 1 radical (unpaired) electrons. The first-order chi connectivity index (χ1) is 26.9. The Hall–Kier alpha value is -4.75. The maximum atomic E-state index is 13.9. The van der Waals surface area contributed by atoms with Crippen molar-refractivity contribution in [2.75, 3.05) is 0 Å². The molecule has 8 rings (SSSR count). The molecular formula is C47H47FIrN4OSi-2. The van der Waals surface area contributed by atoms with Crippen LogP contribution in [0.1, 0.15) is 55.6 Å². The Balaban J connectivity index is 0.000000221. The first-order valence-electron chi connectivity index (χ1n) is 19.9. The van der Waals surface area contributed by atoms with Crippen molar-refractivity contribution in [3.05, 3.63) is 138 Å². The van der Waals surface area contributed by atoms with Crippen molar-refractivity contribution in [2.24, 2.45) is 5.92 Å². The average molecular weight is 926 g/mol. The van der Waals surface area contributed by atoms with Gasteiger partial charge in [0.05, 0.1) is 30.5 Å². The predicted octanol–water partition coefficient (Wildman–Crippen LogP) is 11.8. The molecule has 0 atom stereocenters. The van der Waals surface area contributed by atoms with E-state index >= 15 is 0 Å². The Morgan fingerprint density at radius 2 is 1.67 bits per heavy atom. The summed E-state index contributed by atoms with van der Waals surface area (Å²) >= 11 is 0. The van der Waals surface area contributed by atoms with Crippen molar-refractivity contribution in [1.82, 2.24) is 19.5 Å². The first-order valence-corrected chi connectivity index (χ1v) is 21.9. The Morgan fingerprint density at radius 3 is 2.36 bits per heavy atom. The van der Waals surface area contributed by atoms with Gasteiger partial charge in [0.15, 0.2) is 0 Å². The van der Waals surface area contributed by atoms with Gasteiger partial charge >= 0.3 is 0 Å². The minimum absolute atomic E-state index is 0. The molecule has 0 aliphatic rings. The van der Waals surface area contributed by atoms with Crippen LogP contribution in [0, 0.1) is 30.7 Å². The Labute approximate surface area is 342 Å². The number of pyridine rings is 2. The van der Waals surface area contributed by atoms with Crippen molar-refractivity contribution in [3.8, 4) is 28.3 Å². The molecule has 5 nitrogen and oxygen atoms in total. The molecule has 0 fully saturated rings. The van der Waals surface area contributed by atoms with Crippen LogP contribution in [-0.4, -0.2) is 27.6 Å². The number of aromatic nitrogens is 4. The third-order valence-electron chi connectivity index (χ3n) is 9.55. The molecule has 4 heterocycles. The van der Waals surface area contributed by atoms with Gasteiger partial charge in [-0.1, -0.05) is 101 Å². The first kappa shape index (κ1) is 35.9. The van der Waals surface area contributed by atoms with Gasteiger partial charge in [0.1, 0.15) is 0 Å². The molecule has 55 heavy (non-hydrogen) atoms. The number of hydrogen-bond acceptors (Lipinski definition) is 4. The topological polar surface area (TPSA) is 56.7 Å². The van der Waals surface area contributed by atoms with E-state index in [9.17, 15) is 4.39 Å². The van der Waals surface area contributed by atoms with Crippen molar-refractivity contribution in [2.45, 2.75) is 72.9 Å². The molecule has 0 aliphatic heterocycles. The van der Waals surface area contributed by atoms with Gasteiger partial charge in [-0.25, -0.2) is 4.98 Å². The Bertz CT molecular complexity index is 2730. The summed E-state index contributed by atoms with van der Waals surface area (Å²) in [6.07, 6.45) is 2.96. The molecule has 0 bridgehead atoms. The van der Waals surface area contributed by atoms with Gasteiger partial charge < -0.3 is 14.0 Å². The van der Waals surface area contributed by atoms with Crippen molar-refractivity contribution >= 4 is 46.4 Å². The molecule has 0 aliphatic carbocycles. The van der Waals surface area contributed by atoms with E-state index in [4.69, 9.17) is 13.5 Å². The molecular weight excluding hydrogens is 876 g/mol. The second kappa shape index (κ2) is 15.8. The number of furan rings is 1. The number of hydrogen-bond donors (Lipinski definition) is 0. The number of rotatable bonds is 6. The molecule has 0 N–H and O–H groups in total. The molecule has 4 aromatic carbocycles. The second-order valence-electron chi connectivity index (χ2n) is 16.3. The van der Waals surface area contributed by atoms with Crippen LogP contribution in [0.4, 0.5) is 4.39 Å². The summed E-state index contributed by atoms with van der Waals surface area (Å²) in [4.78, 5) is 13.7. The van der Waals surface area contributed by atoms with Crippen LogP contribution in [0.2, 0.25) is 19.6 Å². The third kappa shape index (κ3) is 8.42. The van der Waals surface area contributed by atoms with E-state index in [2.05, 4.69) is 117 Å². The van der Waals surface area contributed by atoms with E-state index in [1.807, 2.05) is 30.5 Å². The summed E-state index contributed by atoms with van der Waals surface area (Å²) in [5.74, 6) is 1.07. The van der Waals surface area contributed by atoms with Gasteiger partial charge in [0, 0.05) is 53.0 Å². The molecule has 0 unspecified atom stereocenters. The Morgan fingerprint density at radius 1 is 0.909 bits per heavy atom. The smallest absolute Gasteiger partial charge is 0.216 e. The SMILES string of the molecule is CC(C)Cc1cc(-c2[c-]cccc2F)ncc1[Si](C)(C)C.[2H]C([2H])([2H])c1ccc2c(n1)oc1c[c-]c(-c3nc4ccccc4n3-c3ccc(C(C)(C)C)cc3)cc12.[Ir]. The fourth-order valence-corrected chi connectivity index (χ4v) is 8.43. The van der Waals surface area contributed by atoms with E-state index in [1.54, 1.807) is 24.3 Å². The van der Waals surface area contributed by atoms with Crippen LogP contribution in [0.5, 0.6) is 0 Å². The van der Waals surface area contributed by atoms with E-state index in [1.165, 1.54) is 28.4 Å². The van der Waals surface area contributed by atoms with Gasteiger partial charge in [-0.2, -0.15) is 0 Å². The zero-order chi connectivity index (χ0) is 40.9. The van der Waals surface area contributed by atoms with Crippen LogP contribution >= 0.6 is 0 Å².